The van der Waals surface area contributed by atoms with E-state index in [1.54, 1.807) is 7.05 Å². The van der Waals surface area contributed by atoms with Gasteiger partial charge in [-0.05, 0) is 19.8 Å². The molecule has 0 fully saturated rings. The van der Waals surface area contributed by atoms with Gasteiger partial charge in [-0.1, -0.05) is 20.3 Å². The van der Waals surface area contributed by atoms with Gasteiger partial charge in [-0.2, -0.15) is 0 Å². The normalized spacial score (nSPS) is 13.4. The lowest BCUT2D eigenvalue weighted by Crippen LogP contribution is -2.44. The maximum atomic E-state index is 11.8. The molecule has 0 aromatic heterocycles. The maximum absolute atomic E-state index is 11.8. The second kappa shape index (κ2) is 5.14. The lowest BCUT2D eigenvalue weighted by Gasteiger charge is -2.27. The van der Waals surface area contributed by atoms with E-state index in [2.05, 4.69) is 0 Å². The van der Waals surface area contributed by atoms with Crippen LogP contribution in [0.25, 0.3) is 0 Å². The van der Waals surface area contributed by atoms with Gasteiger partial charge in [0.2, 0.25) is 5.91 Å². The predicted molar refractivity (Wildman–Crippen MR) is 58.5 cm³/mol. The monoisotopic (exact) mass is 215 g/mol. The van der Waals surface area contributed by atoms with Gasteiger partial charge >= 0.3 is 5.97 Å². The van der Waals surface area contributed by atoms with Gasteiger partial charge in [-0.3, -0.25) is 9.59 Å². The highest BCUT2D eigenvalue weighted by molar-refractivity contribution is 6.00. The van der Waals surface area contributed by atoms with E-state index in [9.17, 15) is 9.59 Å². The van der Waals surface area contributed by atoms with Crippen molar-refractivity contribution in [3.05, 3.63) is 0 Å². The quantitative estimate of drug-likeness (QED) is 0.709. The number of aliphatic carboxylic acids is 1. The topological polar surface area (TPSA) is 57.6 Å². The zero-order chi connectivity index (χ0) is 12.2. The largest absolute Gasteiger partial charge is 0.480 e. The Kier molecular flexibility index (Phi) is 4.78. The van der Waals surface area contributed by atoms with Crippen molar-refractivity contribution >= 4 is 11.9 Å². The molecule has 4 heteroatoms. The van der Waals surface area contributed by atoms with Crippen molar-refractivity contribution in [2.45, 2.75) is 34.1 Å². The zero-order valence-corrected chi connectivity index (χ0v) is 10.2. The summed E-state index contributed by atoms with van der Waals surface area (Å²) in [6.07, 6.45) is 0.977. The number of hydrogen-bond acceptors (Lipinski definition) is 2. The average molecular weight is 215 g/mol. The minimum absolute atomic E-state index is 0.338. The smallest absolute Gasteiger partial charge is 0.318 e. The van der Waals surface area contributed by atoms with Crippen molar-refractivity contribution in [3.8, 4) is 0 Å². The van der Waals surface area contributed by atoms with E-state index in [0.29, 0.717) is 12.5 Å². The van der Waals surface area contributed by atoms with Gasteiger partial charge in [-0.25, -0.2) is 0 Å². The van der Waals surface area contributed by atoms with Crippen LogP contribution in [0.15, 0.2) is 0 Å². The van der Waals surface area contributed by atoms with Gasteiger partial charge in [0.25, 0.3) is 0 Å². The van der Waals surface area contributed by atoms with Gasteiger partial charge in [0, 0.05) is 13.6 Å². The van der Waals surface area contributed by atoms with Crippen LogP contribution in [0.5, 0.6) is 0 Å². The van der Waals surface area contributed by atoms with Crippen molar-refractivity contribution in [1.29, 1.82) is 0 Å². The Morgan fingerprint density at radius 1 is 1.40 bits per heavy atom. The number of rotatable bonds is 5. The third kappa shape index (κ3) is 3.53. The molecule has 0 aliphatic carbocycles. The summed E-state index contributed by atoms with van der Waals surface area (Å²) in [7, 11) is 1.65. The molecule has 0 rings (SSSR count). The molecule has 0 aliphatic rings. The molecule has 0 aromatic rings. The first-order valence-electron chi connectivity index (χ1n) is 5.22. The summed E-state index contributed by atoms with van der Waals surface area (Å²) in [5.74, 6) is -1.03. The Hall–Kier alpha value is -1.06. The molecule has 0 heterocycles. The molecule has 0 saturated heterocycles. The third-order valence-electron chi connectivity index (χ3n) is 2.70. The van der Waals surface area contributed by atoms with Crippen LogP contribution in [-0.4, -0.2) is 35.5 Å². The van der Waals surface area contributed by atoms with E-state index in [0.717, 1.165) is 6.42 Å². The van der Waals surface area contributed by atoms with Crippen LogP contribution >= 0.6 is 0 Å². The molecule has 0 radical (unpaired) electrons. The number of nitrogens with zero attached hydrogens (tertiary/aromatic N) is 1. The van der Waals surface area contributed by atoms with Crippen LogP contribution in [0, 0.1) is 11.3 Å². The molecule has 0 saturated carbocycles. The average Bonchev–Trinajstić information content (AvgIpc) is 2.15. The predicted octanol–water partition coefficient (Wildman–Crippen LogP) is 1.60. The Labute approximate surface area is 91.3 Å². The van der Waals surface area contributed by atoms with E-state index in [-0.39, 0.29) is 5.91 Å². The second-order valence-electron chi connectivity index (χ2n) is 4.63. The molecule has 0 aromatic carbocycles. The SMILES string of the molecule is CCC(C)CN(C)C(=O)C(C)(C)C(=O)O. The van der Waals surface area contributed by atoms with Gasteiger partial charge in [0.15, 0.2) is 0 Å². The fourth-order valence-electron chi connectivity index (χ4n) is 1.25. The number of carbonyl (C=O) groups is 2. The van der Waals surface area contributed by atoms with Crippen LogP contribution in [-0.2, 0) is 9.59 Å². The fraction of sp³-hybridized carbons (Fsp3) is 0.818. The van der Waals surface area contributed by atoms with E-state index < -0.39 is 11.4 Å². The van der Waals surface area contributed by atoms with Crippen LogP contribution < -0.4 is 0 Å². The highest BCUT2D eigenvalue weighted by atomic mass is 16.4. The summed E-state index contributed by atoms with van der Waals surface area (Å²) in [5, 5.41) is 8.90. The van der Waals surface area contributed by atoms with Crippen LogP contribution in [0.4, 0.5) is 0 Å². The molecule has 4 nitrogen and oxygen atoms in total. The van der Waals surface area contributed by atoms with Crippen LogP contribution in [0.2, 0.25) is 0 Å². The molecule has 0 aliphatic heterocycles. The van der Waals surface area contributed by atoms with Gasteiger partial charge < -0.3 is 10.0 Å². The molecule has 1 amide bonds. The second-order valence-corrected chi connectivity index (χ2v) is 4.63. The molecule has 1 unspecified atom stereocenters. The fourth-order valence-corrected chi connectivity index (χ4v) is 1.25. The number of carbonyl (C=O) groups excluding carboxylic acids is 1. The van der Waals surface area contributed by atoms with E-state index >= 15 is 0 Å². The van der Waals surface area contributed by atoms with E-state index in [1.807, 2.05) is 13.8 Å². The number of carboxylic acids is 1. The molecule has 0 spiro atoms. The molecular formula is C11H21NO3. The molecule has 1 N–H and O–H groups in total. The number of hydrogen-bond donors (Lipinski definition) is 1. The van der Waals surface area contributed by atoms with Gasteiger partial charge in [0.1, 0.15) is 5.41 Å². The Morgan fingerprint density at radius 3 is 2.20 bits per heavy atom. The summed E-state index contributed by atoms with van der Waals surface area (Å²) in [6, 6.07) is 0. The maximum Gasteiger partial charge on any atom is 0.318 e. The zero-order valence-electron chi connectivity index (χ0n) is 10.2. The lowest BCUT2D eigenvalue weighted by molar-refractivity contribution is -0.157. The summed E-state index contributed by atoms with van der Waals surface area (Å²) < 4.78 is 0. The summed E-state index contributed by atoms with van der Waals surface area (Å²) in [4.78, 5) is 24.2. The minimum Gasteiger partial charge on any atom is -0.480 e. The Morgan fingerprint density at radius 2 is 1.87 bits per heavy atom. The first-order chi connectivity index (χ1) is 6.73. The highest BCUT2D eigenvalue weighted by Gasteiger charge is 2.38. The van der Waals surface area contributed by atoms with Gasteiger partial charge in [0.05, 0.1) is 0 Å². The molecular weight excluding hydrogens is 194 g/mol. The standard InChI is InChI=1S/C11H21NO3/c1-6-8(2)7-12(5)9(13)11(3,4)10(14)15/h8H,6-7H2,1-5H3,(H,14,15). The van der Waals surface area contributed by atoms with Crippen molar-refractivity contribution in [1.82, 2.24) is 4.90 Å². The van der Waals surface area contributed by atoms with Crippen LogP contribution in [0.3, 0.4) is 0 Å². The number of carboxylic acid groups (broad SMARTS) is 1. The first kappa shape index (κ1) is 13.9. The van der Waals surface area contributed by atoms with Crippen molar-refractivity contribution in [3.63, 3.8) is 0 Å². The molecule has 1 atom stereocenters. The first-order valence-corrected chi connectivity index (χ1v) is 5.22. The molecule has 0 bridgehead atoms. The Bertz CT molecular complexity index is 248. The molecule has 15 heavy (non-hydrogen) atoms. The van der Waals surface area contributed by atoms with E-state index in [1.165, 1.54) is 18.7 Å². The lowest BCUT2D eigenvalue weighted by atomic mass is 9.91. The number of amides is 1. The Balaban J connectivity index is 4.51. The van der Waals surface area contributed by atoms with Crippen molar-refractivity contribution < 1.29 is 14.7 Å². The third-order valence-corrected chi connectivity index (χ3v) is 2.70. The van der Waals surface area contributed by atoms with E-state index in [4.69, 9.17) is 5.11 Å². The summed E-state index contributed by atoms with van der Waals surface area (Å²) >= 11 is 0. The summed E-state index contributed by atoms with van der Waals surface area (Å²) in [5.41, 5.74) is -1.33. The van der Waals surface area contributed by atoms with Crippen molar-refractivity contribution in [2.24, 2.45) is 11.3 Å². The highest BCUT2D eigenvalue weighted by Crippen LogP contribution is 2.19. The van der Waals surface area contributed by atoms with Crippen molar-refractivity contribution in [2.75, 3.05) is 13.6 Å². The van der Waals surface area contributed by atoms with Gasteiger partial charge in [-0.15, -0.1) is 0 Å². The minimum atomic E-state index is -1.33. The molecule has 88 valence electrons. The summed E-state index contributed by atoms with van der Waals surface area (Å²) in [6.45, 7) is 7.56. The van der Waals surface area contributed by atoms with Crippen LogP contribution in [0.1, 0.15) is 34.1 Å².